The highest BCUT2D eigenvalue weighted by molar-refractivity contribution is 8.00. The fraction of sp³-hybridized carbons (Fsp3) is 0.150. The molecule has 3 aromatic rings. The van der Waals surface area contributed by atoms with Crippen molar-refractivity contribution < 1.29 is 14.6 Å². The SMILES string of the molecule is COc1ccc([C@H]2Sc3c(ccc4ccccc34)NC(=O)C2O)cc1. The van der Waals surface area contributed by atoms with Crippen molar-refractivity contribution in [2.45, 2.75) is 16.2 Å². The van der Waals surface area contributed by atoms with Crippen LogP contribution in [0.1, 0.15) is 10.8 Å². The van der Waals surface area contributed by atoms with Gasteiger partial charge in [-0.3, -0.25) is 4.79 Å². The Morgan fingerprint density at radius 1 is 1.04 bits per heavy atom. The van der Waals surface area contributed by atoms with Crippen LogP contribution in [0.3, 0.4) is 0 Å². The number of benzene rings is 3. The zero-order chi connectivity index (χ0) is 17.4. The predicted octanol–water partition coefficient (Wildman–Crippen LogP) is 3.99. The Bertz CT molecular complexity index is 939. The van der Waals surface area contributed by atoms with Crippen molar-refractivity contribution >= 4 is 34.1 Å². The fourth-order valence-corrected chi connectivity index (χ4v) is 4.41. The fourth-order valence-electron chi connectivity index (χ4n) is 3.05. The van der Waals surface area contributed by atoms with E-state index in [1.165, 1.54) is 11.8 Å². The molecule has 2 N–H and O–H groups in total. The third-order valence-corrected chi connectivity index (χ3v) is 5.84. The summed E-state index contributed by atoms with van der Waals surface area (Å²) in [6.45, 7) is 0. The number of aliphatic hydroxyl groups excluding tert-OH is 1. The number of fused-ring (bicyclic) bond motifs is 3. The number of nitrogens with one attached hydrogen (secondary N) is 1. The number of amides is 1. The maximum atomic E-state index is 12.4. The van der Waals surface area contributed by atoms with Gasteiger partial charge >= 0.3 is 0 Å². The highest BCUT2D eigenvalue weighted by Crippen LogP contribution is 2.47. The van der Waals surface area contributed by atoms with Gasteiger partial charge in [0, 0.05) is 4.90 Å². The summed E-state index contributed by atoms with van der Waals surface area (Å²) in [4.78, 5) is 13.4. The number of rotatable bonds is 2. The van der Waals surface area contributed by atoms with Crippen LogP contribution in [0.25, 0.3) is 10.8 Å². The molecule has 1 aliphatic heterocycles. The van der Waals surface area contributed by atoms with Crippen molar-refractivity contribution in [2.24, 2.45) is 0 Å². The van der Waals surface area contributed by atoms with E-state index in [2.05, 4.69) is 5.32 Å². The lowest BCUT2D eigenvalue weighted by molar-refractivity contribution is -0.124. The number of methoxy groups -OCH3 is 1. The van der Waals surface area contributed by atoms with Gasteiger partial charge in [-0.2, -0.15) is 0 Å². The molecule has 1 heterocycles. The van der Waals surface area contributed by atoms with E-state index in [9.17, 15) is 9.90 Å². The van der Waals surface area contributed by atoms with E-state index >= 15 is 0 Å². The van der Waals surface area contributed by atoms with Crippen molar-refractivity contribution in [1.82, 2.24) is 0 Å². The highest BCUT2D eigenvalue weighted by atomic mass is 32.2. The topological polar surface area (TPSA) is 58.6 Å². The summed E-state index contributed by atoms with van der Waals surface area (Å²) in [6, 6.07) is 19.4. The summed E-state index contributed by atoms with van der Waals surface area (Å²) >= 11 is 1.51. The van der Waals surface area contributed by atoms with Gasteiger partial charge in [0.05, 0.1) is 18.0 Å². The summed E-state index contributed by atoms with van der Waals surface area (Å²) in [7, 11) is 1.61. The molecule has 5 heteroatoms. The molecule has 0 bridgehead atoms. The molecule has 0 radical (unpaired) electrons. The molecule has 0 saturated heterocycles. The smallest absolute Gasteiger partial charge is 0.254 e. The van der Waals surface area contributed by atoms with Crippen LogP contribution in [-0.4, -0.2) is 24.2 Å². The molecule has 1 aliphatic rings. The molecule has 126 valence electrons. The van der Waals surface area contributed by atoms with E-state index in [1.807, 2.05) is 60.7 Å². The molecule has 25 heavy (non-hydrogen) atoms. The number of thioether (sulfide) groups is 1. The number of anilines is 1. The van der Waals surface area contributed by atoms with Crippen molar-refractivity contribution in [3.63, 3.8) is 0 Å². The Hall–Kier alpha value is -2.50. The Labute approximate surface area is 149 Å². The van der Waals surface area contributed by atoms with Crippen LogP contribution in [0.2, 0.25) is 0 Å². The van der Waals surface area contributed by atoms with Crippen LogP contribution in [-0.2, 0) is 4.79 Å². The van der Waals surface area contributed by atoms with Gasteiger partial charge < -0.3 is 15.2 Å². The van der Waals surface area contributed by atoms with Crippen molar-refractivity contribution in [2.75, 3.05) is 12.4 Å². The first kappa shape index (κ1) is 16.0. The van der Waals surface area contributed by atoms with E-state index in [1.54, 1.807) is 7.11 Å². The van der Waals surface area contributed by atoms with Crippen LogP contribution in [0, 0.1) is 0 Å². The molecule has 0 aliphatic carbocycles. The second kappa shape index (κ2) is 6.43. The van der Waals surface area contributed by atoms with E-state index in [0.29, 0.717) is 0 Å². The predicted molar refractivity (Wildman–Crippen MR) is 100 cm³/mol. The largest absolute Gasteiger partial charge is 0.497 e. The summed E-state index contributed by atoms with van der Waals surface area (Å²) in [5.74, 6) is 0.356. The quantitative estimate of drug-likeness (QED) is 0.733. The zero-order valence-electron chi connectivity index (χ0n) is 13.6. The minimum Gasteiger partial charge on any atom is -0.497 e. The molecular formula is C20H17NO3S. The number of hydrogen-bond acceptors (Lipinski definition) is 4. The minimum atomic E-state index is -1.13. The third kappa shape index (κ3) is 2.86. The molecule has 2 atom stereocenters. The molecule has 1 amide bonds. The molecule has 4 nitrogen and oxygen atoms in total. The van der Waals surface area contributed by atoms with Gasteiger partial charge in [-0.1, -0.05) is 42.5 Å². The first-order valence-electron chi connectivity index (χ1n) is 7.98. The van der Waals surface area contributed by atoms with Gasteiger partial charge in [0.2, 0.25) is 0 Å². The van der Waals surface area contributed by atoms with Crippen LogP contribution < -0.4 is 10.1 Å². The van der Waals surface area contributed by atoms with E-state index < -0.39 is 11.4 Å². The number of aliphatic hydroxyl groups is 1. The minimum absolute atomic E-state index is 0.387. The van der Waals surface area contributed by atoms with Crippen LogP contribution in [0.5, 0.6) is 5.75 Å². The summed E-state index contributed by atoms with van der Waals surface area (Å²) in [5, 5.41) is 15.2. The van der Waals surface area contributed by atoms with Crippen LogP contribution in [0.4, 0.5) is 5.69 Å². The monoisotopic (exact) mass is 351 g/mol. The molecule has 4 rings (SSSR count). The number of carbonyl (C=O) groups excluding carboxylic acids is 1. The van der Waals surface area contributed by atoms with E-state index in [-0.39, 0.29) is 5.91 Å². The van der Waals surface area contributed by atoms with Gasteiger partial charge in [0.1, 0.15) is 11.9 Å². The molecule has 0 fully saturated rings. The molecule has 1 unspecified atom stereocenters. The molecule has 0 saturated carbocycles. The molecule has 3 aromatic carbocycles. The normalized spacial score (nSPS) is 19.8. The summed E-state index contributed by atoms with van der Waals surface area (Å²) in [5.41, 5.74) is 1.62. The average molecular weight is 351 g/mol. The second-order valence-corrected chi connectivity index (χ2v) is 7.06. The maximum absolute atomic E-state index is 12.4. The maximum Gasteiger partial charge on any atom is 0.254 e. The van der Waals surface area contributed by atoms with Gasteiger partial charge in [0.15, 0.2) is 0 Å². The Balaban J connectivity index is 1.83. The Kier molecular flexibility index (Phi) is 4.11. The Morgan fingerprint density at radius 2 is 1.80 bits per heavy atom. The average Bonchev–Trinajstić information content (AvgIpc) is 2.79. The molecule has 0 aromatic heterocycles. The molecule has 0 spiro atoms. The summed E-state index contributed by atoms with van der Waals surface area (Å²) in [6.07, 6.45) is -1.13. The van der Waals surface area contributed by atoms with Gasteiger partial charge in [0.25, 0.3) is 5.91 Å². The van der Waals surface area contributed by atoms with E-state index in [0.717, 1.165) is 32.7 Å². The third-order valence-electron chi connectivity index (χ3n) is 4.38. The first-order valence-corrected chi connectivity index (χ1v) is 8.86. The Morgan fingerprint density at radius 3 is 2.56 bits per heavy atom. The van der Waals surface area contributed by atoms with Crippen LogP contribution in [0.15, 0.2) is 65.6 Å². The number of carbonyl (C=O) groups is 1. The van der Waals surface area contributed by atoms with E-state index in [4.69, 9.17) is 4.74 Å². The zero-order valence-corrected chi connectivity index (χ0v) is 14.4. The van der Waals surface area contributed by atoms with Crippen molar-refractivity contribution in [1.29, 1.82) is 0 Å². The van der Waals surface area contributed by atoms with Gasteiger partial charge in [-0.05, 0) is 34.5 Å². The lowest BCUT2D eigenvalue weighted by Gasteiger charge is -2.19. The molecular weight excluding hydrogens is 334 g/mol. The first-order chi connectivity index (χ1) is 12.2. The van der Waals surface area contributed by atoms with Crippen molar-refractivity contribution in [3.8, 4) is 5.75 Å². The lowest BCUT2D eigenvalue weighted by Crippen LogP contribution is -2.30. The number of hydrogen-bond donors (Lipinski definition) is 2. The van der Waals surface area contributed by atoms with Gasteiger partial charge in [-0.15, -0.1) is 11.8 Å². The lowest BCUT2D eigenvalue weighted by atomic mass is 10.1. The highest BCUT2D eigenvalue weighted by Gasteiger charge is 2.33. The summed E-state index contributed by atoms with van der Waals surface area (Å²) < 4.78 is 5.19. The number of ether oxygens (including phenoxy) is 1. The van der Waals surface area contributed by atoms with Crippen LogP contribution >= 0.6 is 11.8 Å². The second-order valence-electron chi connectivity index (χ2n) is 5.91. The van der Waals surface area contributed by atoms with Crippen molar-refractivity contribution in [3.05, 3.63) is 66.2 Å². The standard InChI is InChI=1S/C20H17NO3S/c1-24-14-9-6-13(7-10-14)18-17(22)20(23)21-16-11-8-12-4-2-3-5-15(12)19(16)25-18/h2-11,17-18,22H,1H3,(H,21,23)/t17?,18-/m1/s1. The van der Waals surface area contributed by atoms with Gasteiger partial charge in [-0.25, -0.2) is 0 Å².